The number of hydrogen-bond acceptors (Lipinski definition) is 1. The summed E-state index contributed by atoms with van der Waals surface area (Å²) in [5.74, 6) is 0.935. The molecule has 0 fully saturated rings. The maximum atomic E-state index is 5.89. The van der Waals surface area contributed by atoms with Gasteiger partial charge in [-0.05, 0) is 35.8 Å². The molecule has 2 nitrogen and oxygen atoms in total. The van der Waals surface area contributed by atoms with Crippen molar-refractivity contribution in [1.29, 1.82) is 0 Å². The van der Waals surface area contributed by atoms with Crippen LogP contribution in [-0.4, -0.2) is 11.6 Å². The van der Waals surface area contributed by atoms with Crippen LogP contribution in [0.4, 0.5) is 0 Å². The first-order chi connectivity index (χ1) is 10.3. The summed E-state index contributed by atoms with van der Waals surface area (Å²) in [6.45, 7) is 6.11. The standard InChI is InChI=1S/C18H17O.C2H6.H2O/c1-14(19-18-5-3-2-4-6-18)13-15-7-9-16(10-8-15)17-11-12-17;1-2;/h2-12,14H,13H2,1H3;1-2H3;1H2. The highest BCUT2D eigenvalue weighted by Crippen LogP contribution is 2.29. The van der Waals surface area contributed by atoms with E-state index in [-0.39, 0.29) is 11.6 Å². The molecule has 1 atom stereocenters. The van der Waals surface area contributed by atoms with E-state index < -0.39 is 0 Å². The Morgan fingerprint density at radius 1 is 0.909 bits per heavy atom. The largest absolute Gasteiger partial charge is 0.490 e. The number of para-hydroxylation sites is 1. The van der Waals surface area contributed by atoms with Crippen molar-refractivity contribution in [3.63, 3.8) is 0 Å². The summed E-state index contributed by atoms with van der Waals surface area (Å²) in [6.07, 6.45) is 5.38. The third-order valence-electron chi connectivity index (χ3n) is 3.22. The molecule has 0 heterocycles. The molecule has 3 rings (SSSR count). The van der Waals surface area contributed by atoms with Crippen molar-refractivity contribution in [2.45, 2.75) is 33.3 Å². The van der Waals surface area contributed by atoms with E-state index in [9.17, 15) is 0 Å². The van der Waals surface area contributed by atoms with Crippen molar-refractivity contribution in [3.8, 4) is 5.75 Å². The van der Waals surface area contributed by atoms with Crippen molar-refractivity contribution in [3.05, 3.63) is 78.2 Å². The molecule has 1 unspecified atom stereocenters. The molecular formula is C20H25O2. The molecule has 0 aromatic heterocycles. The smallest absolute Gasteiger partial charge is 0.119 e. The summed E-state index contributed by atoms with van der Waals surface area (Å²) in [5.41, 5.74) is 3.97. The van der Waals surface area contributed by atoms with Crippen molar-refractivity contribution >= 4 is 5.57 Å². The number of ether oxygens (including phenoxy) is 1. The van der Waals surface area contributed by atoms with Gasteiger partial charge < -0.3 is 10.2 Å². The second-order valence-corrected chi connectivity index (χ2v) is 4.93. The molecule has 117 valence electrons. The number of rotatable bonds is 5. The first kappa shape index (κ1) is 18.0. The van der Waals surface area contributed by atoms with E-state index in [1.807, 2.05) is 44.2 Å². The van der Waals surface area contributed by atoms with Gasteiger partial charge in [-0.2, -0.15) is 0 Å². The lowest BCUT2D eigenvalue weighted by Gasteiger charge is -2.14. The van der Waals surface area contributed by atoms with Crippen LogP contribution in [0.3, 0.4) is 0 Å². The van der Waals surface area contributed by atoms with Gasteiger partial charge in [-0.15, -0.1) is 0 Å². The Morgan fingerprint density at radius 2 is 1.50 bits per heavy atom. The van der Waals surface area contributed by atoms with Crippen molar-refractivity contribution in [2.24, 2.45) is 0 Å². The van der Waals surface area contributed by atoms with Gasteiger partial charge in [0.05, 0.1) is 6.10 Å². The predicted molar refractivity (Wildman–Crippen MR) is 93.9 cm³/mol. The Balaban J connectivity index is 0.000000775. The van der Waals surface area contributed by atoms with E-state index in [2.05, 4.69) is 43.7 Å². The molecule has 0 amide bonds. The maximum absolute atomic E-state index is 5.89. The Bertz CT molecular complexity index is 570. The van der Waals surface area contributed by atoms with Crippen LogP contribution in [0.25, 0.3) is 5.57 Å². The van der Waals surface area contributed by atoms with Gasteiger partial charge in [0.1, 0.15) is 5.75 Å². The van der Waals surface area contributed by atoms with E-state index in [1.54, 1.807) is 0 Å². The van der Waals surface area contributed by atoms with Crippen molar-refractivity contribution in [2.75, 3.05) is 0 Å². The molecule has 0 saturated carbocycles. The lowest BCUT2D eigenvalue weighted by Crippen LogP contribution is -2.14. The molecule has 2 N–H and O–H groups in total. The highest BCUT2D eigenvalue weighted by atomic mass is 16.5. The second kappa shape index (κ2) is 9.06. The van der Waals surface area contributed by atoms with Crippen molar-refractivity contribution < 1.29 is 10.2 Å². The zero-order chi connectivity index (χ0) is 15.1. The minimum Gasteiger partial charge on any atom is -0.490 e. The summed E-state index contributed by atoms with van der Waals surface area (Å²) in [7, 11) is 0. The molecule has 0 aliphatic heterocycles. The minimum absolute atomic E-state index is 0. The maximum Gasteiger partial charge on any atom is 0.119 e. The Kier molecular flexibility index (Phi) is 7.41. The number of benzene rings is 2. The van der Waals surface area contributed by atoms with Gasteiger partial charge in [-0.3, -0.25) is 0 Å². The fraction of sp³-hybridized carbons (Fsp3) is 0.250. The van der Waals surface area contributed by atoms with Gasteiger partial charge in [0.25, 0.3) is 0 Å². The molecule has 0 bridgehead atoms. The number of allylic oxidation sites excluding steroid dienone is 2. The molecule has 2 heteroatoms. The number of hydrogen-bond donors (Lipinski definition) is 0. The lowest BCUT2D eigenvalue weighted by atomic mass is 10.1. The molecule has 0 spiro atoms. The SMILES string of the molecule is CC.CC(Cc1ccc(C2=C[CH]2)cc1)Oc1ccccc1.O. The predicted octanol–water partition coefficient (Wildman–Crippen LogP) is 4.50. The van der Waals surface area contributed by atoms with E-state index in [1.165, 1.54) is 16.7 Å². The fourth-order valence-electron chi connectivity index (χ4n) is 2.17. The van der Waals surface area contributed by atoms with E-state index in [0.29, 0.717) is 0 Å². The summed E-state index contributed by atoms with van der Waals surface area (Å²) in [5, 5.41) is 0. The van der Waals surface area contributed by atoms with Crippen LogP contribution in [0.1, 0.15) is 31.9 Å². The van der Waals surface area contributed by atoms with Gasteiger partial charge in [0, 0.05) is 12.8 Å². The molecule has 2 aromatic rings. The molecule has 0 saturated heterocycles. The van der Waals surface area contributed by atoms with Crippen LogP contribution in [-0.2, 0) is 6.42 Å². The Morgan fingerprint density at radius 3 is 2.05 bits per heavy atom. The fourth-order valence-corrected chi connectivity index (χ4v) is 2.17. The molecule has 1 aliphatic rings. The van der Waals surface area contributed by atoms with Gasteiger partial charge in [-0.25, -0.2) is 0 Å². The quantitative estimate of drug-likeness (QED) is 0.801. The third kappa shape index (κ3) is 5.38. The van der Waals surface area contributed by atoms with E-state index >= 15 is 0 Å². The first-order valence-electron chi connectivity index (χ1n) is 7.67. The van der Waals surface area contributed by atoms with Crippen LogP contribution in [0, 0.1) is 6.42 Å². The Hall–Kier alpha value is -2.06. The average Bonchev–Trinajstić information content (AvgIpc) is 3.36. The second-order valence-electron chi connectivity index (χ2n) is 4.93. The summed E-state index contributed by atoms with van der Waals surface area (Å²) in [4.78, 5) is 0. The zero-order valence-corrected chi connectivity index (χ0v) is 13.5. The average molecular weight is 297 g/mol. The normalized spacial score (nSPS) is 13.0. The summed E-state index contributed by atoms with van der Waals surface area (Å²) in [6, 6.07) is 18.7. The van der Waals surface area contributed by atoms with Gasteiger partial charge in [0.15, 0.2) is 0 Å². The minimum atomic E-state index is 0. The summed E-state index contributed by atoms with van der Waals surface area (Å²) < 4.78 is 5.89. The van der Waals surface area contributed by atoms with Crippen molar-refractivity contribution in [1.82, 2.24) is 0 Å². The van der Waals surface area contributed by atoms with Gasteiger partial charge in [0.2, 0.25) is 0 Å². The van der Waals surface area contributed by atoms with Gasteiger partial charge in [-0.1, -0.05) is 62.4 Å². The highest BCUT2D eigenvalue weighted by Gasteiger charge is 2.11. The van der Waals surface area contributed by atoms with Crippen LogP contribution in [0.15, 0.2) is 60.7 Å². The van der Waals surface area contributed by atoms with Crippen LogP contribution < -0.4 is 4.74 Å². The molecule has 2 aromatic carbocycles. The molecule has 22 heavy (non-hydrogen) atoms. The Labute approximate surface area is 133 Å². The van der Waals surface area contributed by atoms with Crippen LogP contribution in [0.5, 0.6) is 5.75 Å². The van der Waals surface area contributed by atoms with E-state index in [4.69, 9.17) is 4.74 Å². The monoisotopic (exact) mass is 297 g/mol. The highest BCUT2D eigenvalue weighted by molar-refractivity contribution is 5.87. The summed E-state index contributed by atoms with van der Waals surface area (Å²) >= 11 is 0. The van der Waals surface area contributed by atoms with Gasteiger partial charge >= 0.3 is 0 Å². The zero-order valence-electron chi connectivity index (χ0n) is 13.5. The van der Waals surface area contributed by atoms with E-state index in [0.717, 1.165) is 12.2 Å². The lowest BCUT2D eigenvalue weighted by molar-refractivity contribution is 0.222. The van der Waals surface area contributed by atoms with Crippen LogP contribution in [0.2, 0.25) is 0 Å². The molecule has 1 radical (unpaired) electrons. The third-order valence-corrected chi connectivity index (χ3v) is 3.22. The first-order valence-corrected chi connectivity index (χ1v) is 7.67. The topological polar surface area (TPSA) is 40.7 Å². The molecular weight excluding hydrogens is 272 g/mol. The molecule has 1 aliphatic carbocycles. The van der Waals surface area contributed by atoms with Crippen LogP contribution >= 0.6 is 0 Å².